The molecule has 5 N–H and O–H groups in total. The molecule has 0 saturated carbocycles. The Labute approximate surface area is 588 Å². The smallest absolute Gasteiger partial charge is 0.308 e. The zero-order valence-electron chi connectivity index (χ0n) is 63.3. The van der Waals surface area contributed by atoms with Crippen molar-refractivity contribution in [1.82, 2.24) is 0 Å². The highest BCUT2D eigenvalue weighted by molar-refractivity contribution is 6.05. The summed E-state index contributed by atoms with van der Waals surface area (Å²) in [4.78, 5) is 69.1. The third-order valence-corrected chi connectivity index (χ3v) is 20.6. The molecule has 0 aliphatic rings. The van der Waals surface area contributed by atoms with Crippen molar-refractivity contribution in [2.45, 2.75) is 456 Å². The van der Waals surface area contributed by atoms with E-state index in [4.69, 9.17) is 14.2 Å². The first-order chi connectivity index (χ1) is 46.4. The van der Waals surface area contributed by atoms with E-state index in [1.165, 1.54) is 199 Å². The lowest BCUT2D eigenvalue weighted by Gasteiger charge is -2.57. The Morgan fingerprint density at radius 2 is 0.521 bits per heavy atom. The number of hydrogen-bond donors (Lipinski definition) is 5. The summed E-state index contributed by atoms with van der Waals surface area (Å²) >= 11 is 0. The Hall–Kier alpha value is -3.23. The lowest BCUT2D eigenvalue weighted by molar-refractivity contribution is -0.293. The topological polar surface area (TPSA) is 214 Å². The Morgan fingerprint density at radius 3 is 0.760 bits per heavy atom. The minimum Gasteiger partial charge on any atom is -0.423 e. The van der Waals surface area contributed by atoms with E-state index in [9.17, 15) is 39.9 Å². The number of unbranched alkanes of at least 4 members (excludes halogenated alkanes) is 52. The van der Waals surface area contributed by atoms with Crippen LogP contribution in [0, 0.1) is 0 Å². The van der Waals surface area contributed by atoms with Crippen LogP contribution in [0.2, 0.25) is 0 Å². The van der Waals surface area contributed by atoms with Crippen LogP contribution in [-0.4, -0.2) is 84.0 Å². The van der Waals surface area contributed by atoms with Gasteiger partial charge in [-0.1, -0.05) is 381 Å². The number of benzene rings is 1. The molecule has 0 unspecified atom stereocenters. The average Bonchev–Trinajstić information content (AvgIpc) is 0.705. The van der Waals surface area contributed by atoms with Gasteiger partial charge in [-0.25, -0.2) is 0 Å². The van der Waals surface area contributed by atoms with Crippen molar-refractivity contribution in [3.8, 4) is 17.2 Å². The van der Waals surface area contributed by atoms with Gasteiger partial charge in [0.1, 0.15) is 11.2 Å². The van der Waals surface area contributed by atoms with Crippen molar-refractivity contribution >= 4 is 29.5 Å². The van der Waals surface area contributed by atoms with Crippen molar-refractivity contribution in [2.75, 3.05) is 6.61 Å². The largest absolute Gasteiger partial charge is 0.423 e. The molecule has 13 heteroatoms. The average molecular weight is 1360 g/mol. The Bertz CT molecular complexity index is 2070. The second kappa shape index (κ2) is 58.4. The van der Waals surface area contributed by atoms with E-state index in [2.05, 4.69) is 27.7 Å². The van der Waals surface area contributed by atoms with E-state index in [1.54, 1.807) is 0 Å². The molecule has 560 valence electrons. The van der Waals surface area contributed by atoms with Crippen LogP contribution in [-0.2, 0) is 19.2 Å². The van der Waals surface area contributed by atoms with Gasteiger partial charge in [-0.3, -0.25) is 24.0 Å². The quantitative estimate of drug-likeness (QED) is 0.0178. The number of rotatable bonds is 70. The summed E-state index contributed by atoms with van der Waals surface area (Å²) in [5, 5.41) is 67.6. The fourth-order valence-corrected chi connectivity index (χ4v) is 14.5. The molecule has 96 heavy (non-hydrogen) atoms. The standard InChI is InChI=1S/C83H150O13/c1-8-12-16-20-24-28-32-36-40-44-48-52-56-60-64-77(88)80(90,65-61-57-53-49-45-41-37-33-29-25-21-17-13-9-2)82(92,66-62-58-54-50-46-42-38-34-30-26-22-18-14-10-3)83(93,67-63-59-55-51-47-43-39-35-31-27-23-19-15-11-4)81(91,70-84)79(89)74-68-75(94-71(5)85)78(96-73(7)87)76(69-74)95-72(6)86/h68-69,84,90-93H,8-67,70H2,1-7H3/t80-,81-,82+,83+/m0/s1. The zero-order chi connectivity index (χ0) is 70.9. The van der Waals surface area contributed by atoms with E-state index in [-0.39, 0.29) is 32.1 Å². The third kappa shape index (κ3) is 38.5. The highest BCUT2D eigenvalue weighted by atomic mass is 16.6. The summed E-state index contributed by atoms with van der Waals surface area (Å²) < 4.78 is 16.3. The molecule has 0 amide bonds. The van der Waals surface area contributed by atoms with Gasteiger partial charge in [0.05, 0.1) is 6.61 Å². The van der Waals surface area contributed by atoms with Crippen molar-refractivity contribution in [1.29, 1.82) is 0 Å². The van der Waals surface area contributed by atoms with Gasteiger partial charge < -0.3 is 39.7 Å². The molecule has 13 nitrogen and oxygen atoms in total. The number of carbonyl (C=O) groups excluding carboxylic acids is 5. The number of ether oxygens (including phenoxy) is 3. The van der Waals surface area contributed by atoms with Gasteiger partial charge in [-0.2, -0.15) is 0 Å². The minimum atomic E-state index is -3.35. The monoisotopic (exact) mass is 1360 g/mol. The molecule has 0 heterocycles. The number of Topliss-reactive ketones (excluding diaryl/α,β-unsaturated/α-hetero) is 2. The molecular weight excluding hydrogens is 1200 g/mol. The van der Waals surface area contributed by atoms with E-state index in [0.29, 0.717) is 32.1 Å². The first kappa shape index (κ1) is 90.8. The molecule has 1 aromatic rings. The summed E-state index contributed by atoms with van der Waals surface area (Å²) in [6, 6.07) is 1.97. The first-order valence-electron chi connectivity index (χ1n) is 40.7. The van der Waals surface area contributed by atoms with Crippen molar-refractivity contribution in [3.63, 3.8) is 0 Å². The SMILES string of the molecule is CCCCCCCCCCCCCCCCC(=O)[C@@](O)(CCCCCCCCCCCCCCCC)[C@](O)(CCCCCCCCCCCCCCCC)[C@@](O)(CCCCCCCCCCCCCCCC)[C@](O)(CO)C(=O)c1cc(OC(C)=O)c(OC(C)=O)c(OC(C)=O)c1. The summed E-state index contributed by atoms with van der Waals surface area (Å²) in [7, 11) is 0. The number of aliphatic hydroxyl groups excluding tert-OH is 1. The van der Waals surface area contributed by atoms with Crippen molar-refractivity contribution < 1.29 is 63.7 Å². The summed E-state index contributed by atoms with van der Waals surface area (Å²) in [6.45, 7) is 10.7. The lowest BCUT2D eigenvalue weighted by Crippen LogP contribution is -2.79. The van der Waals surface area contributed by atoms with Crippen molar-refractivity contribution in [2.24, 2.45) is 0 Å². The number of aliphatic hydroxyl groups is 5. The number of hydrogen-bond acceptors (Lipinski definition) is 13. The number of carbonyl (C=O) groups is 5. The first-order valence-corrected chi connectivity index (χ1v) is 40.7. The molecule has 0 aromatic heterocycles. The molecule has 0 radical (unpaired) electrons. The van der Waals surface area contributed by atoms with Crippen LogP contribution in [0.1, 0.15) is 444 Å². The molecular formula is C83H150O13. The maximum atomic E-state index is 15.7. The van der Waals surface area contributed by atoms with Crippen LogP contribution in [0.25, 0.3) is 0 Å². The fourth-order valence-electron chi connectivity index (χ4n) is 14.5. The molecule has 0 aliphatic heterocycles. The normalized spacial score (nSPS) is 14.2. The van der Waals surface area contributed by atoms with Gasteiger partial charge in [0.2, 0.25) is 5.75 Å². The molecule has 0 bridgehead atoms. The van der Waals surface area contributed by atoms with E-state index in [0.717, 1.165) is 148 Å². The third-order valence-electron chi connectivity index (χ3n) is 20.6. The van der Waals surface area contributed by atoms with Gasteiger partial charge in [0.25, 0.3) is 0 Å². The number of ketones is 2. The van der Waals surface area contributed by atoms with Crippen LogP contribution in [0.4, 0.5) is 0 Å². The van der Waals surface area contributed by atoms with E-state index in [1.807, 2.05) is 0 Å². The van der Waals surface area contributed by atoms with Crippen LogP contribution < -0.4 is 14.2 Å². The Morgan fingerprint density at radius 1 is 0.302 bits per heavy atom. The van der Waals surface area contributed by atoms with Gasteiger partial charge in [-0.15, -0.1) is 0 Å². The highest BCUT2D eigenvalue weighted by Gasteiger charge is 2.72. The molecule has 4 atom stereocenters. The molecule has 0 spiro atoms. The fraction of sp³-hybridized carbons (Fsp3) is 0.867. The predicted octanol–water partition coefficient (Wildman–Crippen LogP) is 22.6. The molecule has 1 rings (SSSR count). The van der Waals surface area contributed by atoms with E-state index >= 15 is 9.59 Å². The molecule has 1 aromatic carbocycles. The molecule has 0 fully saturated rings. The Kier molecular flexibility index (Phi) is 55.2. The summed E-state index contributed by atoms with van der Waals surface area (Å²) in [5.74, 6) is -6.31. The van der Waals surface area contributed by atoms with Gasteiger partial charge in [0.15, 0.2) is 34.3 Å². The predicted molar refractivity (Wildman–Crippen MR) is 396 cm³/mol. The van der Waals surface area contributed by atoms with Crippen LogP contribution in [0.3, 0.4) is 0 Å². The maximum absolute atomic E-state index is 15.7. The Balaban J connectivity index is 3.97. The van der Waals surface area contributed by atoms with Gasteiger partial charge in [-0.05, 0) is 37.8 Å². The summed E-state index contributed by atoms with van der Waals surface area (Å²) in [5.41, 5.74) is -12.6. The zero-order valence-corrected chi connectivity index (χ0v) is 63.3. The van der Waals surface area contributed by atoms with Gasteiger partial charge in [0, 0.05) is 32.8 Å². The van der Waals surface area contributed by atoms with Crippen molar-refractivity contribution in [3.05, 3.63) is 17.7 Å². The van der Waals surface area contributed by atoms with Crippen LogP contribution in [0.5, 0.6) is 17.2 Å². The van der Waals surface area contributed by atoms with E-state index < -0.39 is 87.7 Å². The second-order valence-electron chi connectivity index (χ2n) is 29.3. The summed E-state index contributed by atoms with van der Waals surface area (Å²) in [6.07, 6.45) is 58.3. The number of esters is 3. The minimum absolute atomic E-state index is 0.107. The highest BCUT2D eigenvalue weighted by Crippen LogP contribution is 2.51. The molecule has 0 saturated heterocycles. The lowest BCUT2D eigenvalue weighted by atomic mass is 9.56. The van der Waals surface area contributed by atoms with Crippen LogP contribution in [0.15, 0.2) is 12.1 Å². The van der Waals surface area contributed by atoms with Gasteiger partial charge >= 0.3 is 17.9 Å². The molecule has 0 aliphatic carbocycles. The van der Waals surface area contributed by atoms with Crippen LogP contribution >= 0.6 is 0 Å². The second-order valence-corrected chi connectivity index (χ2v) is 29.3. The maximum Gasteiger partial charge on any atom is 0.308 e.